The average Bonchev–Trinajstić information content (AvgIpc) is 2.92. The number of anilines is 1. The lowest BCUT2D eigenvalue weighted by Gasteiger charge is -2.25. The Balaban J connectivity index is 0.00000264. The minimum absolute atomic E-state index is 0. The summed E-state index contributed by atoms with van der Waals surface area (Å²) in [5, 5.41) is 5.94. The fourth-order valence-electron chi connectivity index (χ4n) is 2.63. The van der Waals surface area contributed by atoms with E-state index in [1.165, 1.54) is 0 Å². The van der Waals surface area contributed by atoms with Crippen molar-refractivity contribution >= 4 is 41.5 Å². The van der Waals surface area contributed by atoms with E-state index in [0.717, 1.165) is 31.9 Å². The van der Waals surface area contributed by atoms with Crippen LogP contribution in [0.5, 0.6) is 0 Å². The number of likely N-dealkylation sites (tertiary alicyclic amines) is 1. The lowest BCUT2D eigenvalue weighted by molar-refractivity contribution is -0.115. The second-order valence-corrected chi connectivity index (χ2v) is 6.03. The van der Waals surface area contributed by atoms with Crippen molar-refractivity contribution in [3.63, 3.8) is 0 Å². The van der Waals surface area contributed by atoms with E-state index in [0.29, 0.717) is 11.1 Å². The number of hydrogen-bond donors (Lipinski definition) is 2. The van der Waals surface area contributed by atoms with E-state index >= 15 is 0 Å². The zero-order valence-corrected chi connectivity index (χ0v) is 16.3. The van der Waals surface area contributed by atoms with Crippen molar-refractivity contribution in [2.75, 3.05) is 32.0 Å². The molecule has 2 rings (SSSR count). The van der Waals surface area contributed by atoms with E-state index in [2.05, 4.69) is 39.4 Å². The molecule has 0 radical (unpaired) electrons. The Labute approximate surface area is 155 Å². The Bertz CT molecular complexity index is 537. The van der Waals surface area contributed by atoms with Gasteiger partial charge in [-0.05, 0) is 30.4 Å². The molecule has 0 bridgehead atoms. The van der Waals surface area contributed by atoms with Crippen LogP contribution >= 0.6 is 24.0 Å². The monoisotopic (exact) mass is 431 g/mol. The van der Waals surface area contributed by atoms with Crippen LogP contribution in [0.15, 0.2) is 29.5 Å². The molecule has 1 amide bonds. The minimum atomic E-state index is -0.105. The normalized spacial score (nSPS) is 20.8. The molecule has 0 aliphatic carbocycles. The molecule has 6 nitrogen and oxygen atoms in total. The summed E-state index contributed by atoms with van der Waals surface area (Å²) in [7, 11) is 1.75. The first-order valence-electron chi connectivity index (χ1n) is 7.72. The van der Waals surface area contributed by atoms with Gasteiger partial charge in [0.1, 0.15) is 0 Å². The van der Waals surface area contributed by atoms with Crippen LogP contribution in [-0.4, -0.2) is 48.4 Å². The first kappa shape index (κ1) is 19.7. The second kappa shape index (κ2) is 9.05. The van der Waals surface area contributed by atoms with Gasteiger partial charge in [0, 0.05) is 26.3 Å². The summed E-state index contributed by atoms with van der Waals surface area (Å²) in [6, 6.07) is 3.60. The fraction of sp³-hybridized carbons (Fsp3) is 0.562. The molecule has 1 aromatic heterocycles. The van der Waals surface area contributed by atoms with Crippen LogP contribution in [0.2, 0.25) is 0 Å². The summed E-state index contributed by atoms with van der Waals surface area (Å²) in [5.74, 6) is 0.685. The maximum Gasteiger partial charge on any atom is 0.243 e. The standard InChI is InChI=1S/C16H25N5O.HI/c1-4-16(2)7-9-21(12-16)15(17-3)19-11-14(22)20-13-6-5-8-18-10-13;/h5-6,8,10H,4,7,9,11-12H2,1-3H3,(H,17,19)(H,20,22);1H. The van der Waals surface area contributed by atoms with Crippen LogP contribution < -0.4 is 10.6 Å². The van der Waals surface area contributed by atoms with Crippen LogP contribution in [0.4, 0.5) is 5.69 Å². The fourth-order valence-corrected chi connectivity index (χ4v) is 2.63. The van der Waals surface area contributed by atoms with Gasteiger partial charge in [0.05, 0.1) is 18.4 Å². The van der Waals surface area contributed by atoms with Gasteiger partial charge < -0.3 is 15.5 Å². The van der Waals surface area contributed by atoms with Gasteiger partial charge in [0.25, 0.3) is 0 Å². The second-order valence-electron chi connectivity index (χ2n) is 6.03. The summed E-state index contributed by atoms with van der Waals surface area (Å²) in [6.07, 6.45) is 5.61. The Morgan fingerprint density at radius 2 is 2.30 bits per heavy atom. The third kappa shape index (κ3) is 5.63. The summed E-state index contributed by atoms with van der Waals surface area (Å²) >= 11 is 0. The van der Waals surface area contributed by atoms with Gasteiger partial charge in [-0.3, -0.25) is 14.8 Å². The van der Waals surface area contributed by atoms with E-state index in [1.54, 1.807) is 25.5 Å². The van der Waals surface area contributed by atoms with Crippen molar-refractivity contribution in [1.82, 2.24) is 15.2 Å². The minimum Gasteiger partial charge on any atom is -0.347 e. The van der Waals surface area contributed by atoms with Gasteiger partial charge in [-0.1, -0.05) is 13.8 Å². The number of aromatic nitrogens is 1. The molecule has 1 aliphatic rings. The van der Waals surface area contributed by atoms with Crippen LogP contribution in [0.25, 0.3) is 0 Å². The maximum absolute atomic E-state index is 12.0. The van der Waals surface area contributed by atoms with Crippen LogP contribution in [0.1, 0.15) is 26.7 Å². The topological polar surface area (TPSA) is 69.6 Å². The van der Waals surface area contributed by atoms with Crippen molar-refractivity contribution in [2.24, 2.45) is 10.4 Å². The highest BCUT2D eigenvalue weighted by atomic mass is 127. The van der Waals surface area contributed by atoms with Gasteiger partial charge in [-0.15, -0.1) is 24.0 Å². The molecule has 1 aromatic rings. The quantitative estimate of drug-likeness (QED) is 0.436. The molecule has 1 unspecified atom stereocenters. The molecule has 1 saturated heterocycles. The molecule has 2 heterocycles. The Kier molecular flexibility index (Phi) is 7.74. The van der Waals surface area contributed by atoms with Crippen molar-refractivity contribution in [1.29, 1.82) is 0 Å². The SMILES string of the molecule is CCC1(C)CCN(C(=NC)NCC(=O)Nc2cccnc2)C1.I. The van der Waals surface area contributed by atoms with Gasteiger partial charge in [-0.2, -0.15) is 0 Å². The number of carbonyl (C=O) groups is 1. The molecule has 1 aliphatic heterocycles. The van der Waals surface area contributed by atoms with Crippen molar-refractivity contribution in [2.45, 2.75) is 26.7 Å². The van der Waals surface area contributed by atoms with Crippen LogP contribution in [0.3, 0.4) is 0 Å². The number of guanidine groups is 1. The van der Waals surface area contributed by atoms with Gasteiger partial charge in [0.15, 0.2) is 5.96 Å². The predicted octanol–water partition coefficient (Wildman–Crippen LogP) is 2.34. The number of amides is 1. The third-order valence-corrected chi connectivity index (χ3v) is 4.28. The first-order chi connectivity index (χ1) is 10.6. The molecule has 0 aromatic carbocycles. The lowest BCUT2D eigenvalue weighted by Crippen LogP contribution is -2.43. The number of nitrogens with one attached hydrogen (secondary N) is 2. The van der Waals surface area contributed by atoms with Crippen LogP contribution in [0, 0.1) is 5.41 Å². The van der Waals surface area contributed by atoms with E-state index < -0.39 is 0 Å². The molecule has 23 heavy (non-hydrogen) atoms. The molecule has 128 valence electrons. The Morgan fingerprint density at radius 1 is 1.52 bits per heavy atom. The molecule has 0 saturated carbocycles. The molecule has 1 atom stereocenters. The molecular weight excluding hydrogens is 405 g/mol. The highest BCUT2D eigenvalue weighted by Gasteiger charge is 2.33. The predicted molar refractivity (Wildman–Crippen MR) is 104 cm³/mol. The summed E-state index contributed by atoms with van der Waals surface area (Å²) in [5.41, 5.74) is 1.04. The number of nitrogens with zero attached hydrogens (tertiary/aromatic N) is 3. The number of halogens is 1. The summed E-state index contributed by atoms with van der Waals surface area (Å²) in [6.45, 7) is 6.68. The first-order valence-corrected chi connectivity index (χ1v) is 7.72. The van der Waals surface area contributed by atoms with Gasteiger partial charge in [-0.25, -0.2) is 0 Å². The maximum atomic E-state index is 12.0. The number of pyridine rings is 1. The van der Waals surface area contributed by atoms with Gasteiger partial charge >= 0.3 is 0 Å². The highest BCUT2D eigenvalue weighted by Crippen LogP contribution is 2.32. The van der Waals surface area contributed by atoms with E-state index in [1.807, 2.05) is 6.07 Å². The highest BCUT2D eigenvalue weighted by molar-refractivity contribution is 14.0. The smallest absolute Gasteiger partial charge is 0.243 e. The van der Waals surface area contributed by atoms with Crippen molar-refractivity contribution < 1.29 is 4.79 Å². The molecule has 0 spiro atoms. The van der Waals surface area contributed by atoms with Crippen molar-refractivity contribution in [3.05, 3.63) is 24.5 Å². The Morgan fingerprint density at radius 3 is 2.87 bits per heavy atom. The van der Waals surface area contributed by atoms with E-state index in [-0.39, 0.29) is 36.4 Å². The number of rotatable bonds is 4. The van der Waals surface area contributed by atoms with E-state index in [9.17, 15) is 4.79 Å². The largest absolute Gasteiger partial charge is 0.347 e. The number of hydrogen-bond acceptors (Lipinski definition) is 3. The molecule has 7 heteroatoms. The molecule has 1 fully saturated rings. The molecule has 2 N–H and O–H groups in total. The van der Waals surface area contributed by atoms with Gasteiger partial charge in [0.2, 0.25) is 5.91 Å². The van der Waals surface area contributed by atoms with E-state index in [4.69, 9.17) is 0 Å². The summed E-state index contributed by atoms with van der Waals surface area (Å²) < 4.78 is 0. The third-order valence-electron chi connectivity index (χ3n) is 4.28. The Hall–Kier alpha value is -1.38. The summed E-state index contributed by atoms with van der Waals surface area (Å²) in [4.78, 5) is 22.4. The molecular formula is C16H26IN5O. The number of aliphatic imine (C=N–C) groups is 1. The zero-order valence-electron chi connectivity index (χ0n) is 14.0. The zero-order chi connectivity index (χ0) is 16.0. The average molecular weight is 431 g/mol. The van der Waals surface area contributed by atoms with Crippen LogP contribution in [-0.2, 0) is 4.79 Å². The van der Waals surface area contributed by atoms with Crippen molar-refractivity contribution in [3.8, 4) is 0 Å². The number of carbonyl (C=O) groups excluding carboxylic acids is 1. The lowest BCUT2D eigenvalue weighted by atomic mass is 9.87.